The van der Waals surface area contributed by atoms with E-state index in [1.54, 1.807) is 0 Å². The van der Waals surface area contributed by atoms with Crippen molar-refractivity contribution in [3.63, 3.8) is 0 Å². The van der Waals surface area contributed by atoms with Crippen molar-refractivity contribution >= 4 is 11.6 Å². The zero-order chi connectivity index (χ0) is 14.2. The van der Waals surface area contributed by atoms with Gasteiger partial charge in [0.05, 0.1) is 0 Å². The van der Waals surface area contributed by atoms with Gasteiger partial charge in [0, 0.05) is 19.0 Å². The molecular formula is C15H21N5. The first-order valence-electron chi connectivity index (χ1n) is 6.94. The minimum atomic E-state index is 0.644. The quantitative estimate of drug-likeness (QED) is 0.532. The molecule has 0 atom stereocenters. The Balaban J connectivity index is 1.96. The number of hydrogen-bond acceptors (Lipinski definition) is 5. The SMILES string of the molecule is CCCc1nc(NN)cc(NCCc2ccccc2)n1. The van der Waals surface area contributed by atoms with Crippen molar-refractivity contribution in [2.45, 2.75) is 26.2 Å². The average Bonchev–Trinajstić information content (AvgIpc) is 2.48. The van der Waals surface area contributed by atoms with Crippen molar-refractivity contribution in [2.75, 3.05) is 17.3 Å². The lowest BCUT2D eigenvalue weighted by Crippen LogP contribution is -2.13. The summed E-state index contributed by atoms with van der Waals surface area (Å²) in [5.74, 6) is 7.70. The van der Waals surface area contributed by atoms with Crippen LogP contribution in [0.2, 0.25) is 0 Å². The second-order valence-electron chi connectivity index (χ2n) is 4.61. The molecule has 0 bridgehead atoms. The zero-order valence-corrected chi connectivity index (χ0v) is 11.8. The Labute approximate surface area is 119 Å². The Kier molecular flexibility index (Phi) is 5.32. The minimum Gasteiger partial charge on any atom is -0.370 e. The molecule has 0 amide bonds. The van der Waals surface area contributed by atoms with Crippen LogP contribution in [-0.4, -0.2) is 16.5 Å². The molecule has 0 aliphatic rings. The van der Waals surface area contributed by atoms with Crippen LogP contribution in [0.1, 0.15) is 24.7 Å². The lowest BCUT2D eigenvalue weighted by molar-refractivity contribution is 0.833. The van der Waals surface area contributed by atoms with E-state index in [4.69, 9.17) is 5.84 Å². The number of nitrogens with zero attached hydrogens (tertiary/aromatic N) is 2. The van der Waals surface area contributed by atoms with Crippen LogP contribution in [0, 0.1) is 0 Å². The molecule has 1 heterocycles. The second-order valence-corrected chi connectivity index (χ2v) is 4.61. The summed E-state index contributed by atoms with van der Waals surface area (Å²) in [6, 6.07) is 12.2. The largest absolute Gasteiger partial charge is 0.370 e. The summed E-state index contributed by atoms with van der Waals surface area (Å²) in [4.78, 5) is 8.81. The monoisotopic (exact) mass is 271 g/mol. The molecule has 2 aromatic rings. The standard InChI is InChI=1S/C15H21N5/c1-2-6-13-18-14(11-15(19-13)20-16)17-10-9-12-7-4-3-5-8-12/h3-5,7-8,11H,2,6,9-10,16H2,1H3,(H2,17,18,19,20). The smallest absolute Gasteiger partial charge is 0.145 e. The van der Waals surface area contributed by atoms with Gasteiger partial charge in [-0.3, -0.25) is 0 Å². The van der Waals surface area contributed by atoms with E-state index in [1.165, 1.54) is 5.56 Å². The number of hydrogen-bond donors (Lipinski definition) is 3. The maximum Gasteiger partial charge on any atom is 0.145 e. The van der Waals surface area contributed by atoms with E-state index < -0.39 is 0 Å². The fraction of sp³-hybridized carbons (Fsp3) is 0.333. The Morgan fingerprint density at radius 1 is 1.05 bits per heavy atom. The van der Waals surface area contributed by atoms with Gasteiger partial charge in [0.15, 0.2) is 0 Å². The van der Waals surface area contributed by atoms with E-state index >= 15 is 0 Å². The number of benzene rings is 1. The highest BCUT2D eigenvalue weighted by molar-refractivity contribution is 5.47. The van der Waals surface area contributed by atoms with Gasteiger partial charge in [-0.05, 0) is 18.4 Å². The fourth-order valence-corrected chi connectivity index (χ4v) is 1.98. The molecule has 1 aromatic heterocycles. The number of aryl methyl sites for hydroxylation is 1. The van der Waals surface area contributed by atoms with Crippen LogP contribution in [0.25, 0.3) is 0 Å². The number of nitrogen functional groups attached to an aromatic ring is 1. The van der Waals surface area contributed by atoms with Gasteiger partial charge >= 0.3 is 0 Å². The molecule has 0 saturated carbocycles. The number of rotatable bonds is 7. The molecule has 0 aliphatic carbocycles. The first-order chi connectivity index (χ1) is 9.81. The molecule has 5 nitrogen and oxygen atoms in total. The molecule has 0 aliphatic heterocycles. The molecule has 2 rings (SSSR count). The summed E-state index contributed by atoms with van der Waals surface area (Å²) >= 11 is 0. The van der Waals surface area contributed by atoms with E-state index in [0.717, 1.165) is 37.4 Å². The molecule has 0 unspecified atom stereocenters. The Morgan fingerprint density at radius 2 is 1.80 bits per heavy atom. The molecule has 0 saturated heterocycles. The first-order valence-corrected chi connectivity index (χ1v) is 6.94. The van der Waals surface area contributed by atoms with Gasteiger partial charge < -0.3 is 10.7 Å². The third-order valence-electron chi connectivity index (χ3n) is 2.96. The lowest BCUT2D eigenvalue weighted by atomic mass is 10.1. The van der Waals surface area contributed by atoms with E-state index in [1.807, 2.05) is 12.1 Å². The van der Waals surface area contributed by atoms with Crippen molar-refractivity contribution in [1.82, 2.24) is 9.97 Å². The van der Waals surface area contributed by atoms with Gasteiger partial charge in [-0.2, -0.15) is 0 Å². The van der Waals surface area contributed by atoms with Crippen LogP contribution in [-0.2, 0) is 12.8 Å². The van der Waals surface area contributed by atoms with Crippen LogP contribution in [0.15, 0.2) is 36.4 Å². The number of aromatic nitrogens is 2. The Morgan fingerprint density at radius 3 is 2.50 bits per heavy atom. The fourth-order valence-electron chi connectivity index (χ4n) is 1.98. The number of nitrogens with two attached hydrogens (primary N) is 1. The topological polar surface area (TPSA) is 75.9 Å². The average molecular weight is 271 g/mol. The van der Waals surface area contributed by atoms with E-state index in [9.17, 15) is 0 Å². The van der Waals surface area contributed by atoms with Gasteiger partial charge in [0.25, 0.3) is 0 Å². The van der Waals surface area contributed by atoms with Gasteiger partial charge in [0.1, 0.15) is 17.5 Å². The Hall–Kier alpha value is -2.14. The predicted molar refractivity (Wildman–Crippen MR) is 82.5 cm³/mol. The summed E-state index contributed by atoms with van der Waals surface area (Å²) < 4.78 is 0. The van der Waals surface area contributed by atoms with Crippen molar-refractivity contribution in [2.24, 2.45) is 5.84 Å². The Bertz CT molecular complexity index is 527. The summed E-state index contributed by atoms with van der Waals surface area (Å²) in [6.45, 7) is 2.94. The normalized spacial score (nSPS) is 10.3. The molecule has 5 heteroatoms. The second kappa shape index (κ2) is 7.45. The number of hydrazine groups is 1. The van der Waals surface area contributed by atoms with Crippen LogP contribution in [0.3, 0.4) is 0 Å². The van der Waals surface area contributed by atoms with Crippen LogP contribution in [0.5, 0.6) is 0 Å². The van der Waals surface area contributed by atoms with Crippen molar-refractivity contribution in [1.29, 1.82) is 0 Å². The van der Waals surface area contributed by atoms with E-state index in [2.05, 4.69) is 51.9 Å². The molecule has 0 spiro atoms. The highest BCUT2D eigenvalue weighted by atomic mass is 15.3. The molecular weight excluding hydrogens is 250 g/mol. The van der Waals surface area contributed by atoms with Gasteiger partial charge in [-0.25, -0.2) is 15.8 Å². The van der Waals surface area contributed by atoms with Crippen LogP contribution in [0.4, 0.5) is 11.6 Å². The maximum atomic E-state index is 5.44. The minimum absolute atomic E-state index is 0.644. The summed E-state index contributed by atoms with van der Waals surface area (Å²) in [6.07, 6.45) is 2.82. The van der Waals surface area contributed by atoms with E-state index in [0.29, 0.717) is 5.82 Å². The number of anilines is 2. The summed E-state index contributed by atoms with van der Waals surface area (Å²) in [7, 11) is 0. The highest BCUT2D eigenvalue weighted by Crippen LogP contribution is 2.11. The summed E-state index contributed by atoms with van der Waals surface area (Å²) in [5, 5.41) is 3.32. The molecule has 0 fully saturated rings. The molecule has 1 aromatic carbocycles. The van der Waals surface area contributed by atoms with Crippen LogP contribution < -0.4 is 16.6 Å². The van der Waals surface area contributed by atoms with Crippen molar-refractivity contribution in [3.05, 3.63) is 47.8 Å². The third-order valence-corrected chi connectivity index (χ3v) is 2.96. The summed E-state index contributed by atoms with van der Waals surface area (Å²) in [5.41, 5.74) is 3.89. The van der Waals surface area contributed by atoms with Crippen molar-refractivity contribution < 1.29 is 0 Å². The van der Waals surface area contributed by atoms with Gasteiger partial charge in [-0.1, -0.05) is 37.3 Å². The van der Waals surface area contributed by atoms with Gasteiger partial charge in [0.2, 0.25) is 0 Å². The maximum absolute atomic E-state index is 5.44. The van der Waals surface area contributed by atoms with Gasteiger partial charge in [-0.15, -0.1) is 0 Å². The predicted octanol–water partition coefficient (Wildman–Crippen LogP) is 2.37. The first kappa shape index (κ1) is 14.3. The molecule has 106 valence electrons. The molecule has 4 N–H and O–H groups in total. The third kappa shape index (κ3) is 4.20. The lowest BCUT2D eigenvalue weighted by Gasteiger charge is -2.09. The molecule has 20 heavy (non-hydrogen) atoms. The zero-order valence-electron chi connectivity index (χ0n) is 11.8. The van der Waals surface area contributed by atoms with E-state index in [-0.39, 0.29) is 0 Å². The van der Waals surface area contributed by atoms with Crippen LogP contribution >= 0.6 is 0 Å². The highest BCUT2D eigenvalue weighted by Gasteiger charge is 2.03. The molecule has 0 radical (unpaired) electrons. The number of nitrogens with one attached hydrogen (secondary N) is 2. The van der Waals surface area contributed by atoms with Crippen molar-refractivity contribution in [3.8, 4) is 0 Å².